The second-order valence-electron chi connectivity index (χ2n) is 5.18. The SMILES string of the molecule is O=[N+]([O-])c1cccc(C2Nc3cccc4cccc2c34)c1. The summed E-state index contributed by atoms with van der Waals surface area (Å²) in [5.74, 6) is 0. The number of hydrogen-bond donors (Lipinski definition) is 1. The summed E-state index contributed by atoms with van der Waals surface area (Å²) in [5.41, 5.74) is 3.29. The normalized spacial score (nSPS) is 15.9. The van der Waals surface area contributed by atoms with Crippen LogP contribution in [0.15, 0.2) is 60.7 Å². The highest BCUT2D eigenvalue weighted by molar-refractivity contribution is 6.00. The van der Waals surface area contributed by atoms with Crippen molar-refractivity contribution in [3.05, 3.63) is 81.9 Å². The summed E-state index contributed by atoms with van der Waals surface area (Å²) in [6, 6.07) is 19.1. The summed E-state index contributed by atoms with van der Waals surface area (Å²) in [5, 5.41) is 16.8. The van der Waals surface area contributed by atoms with Crippen molar-refractivity contribution in [1.29, 1.82) is 0 Å². The van der Waals surface area contributed by atoms with Crippen LogP contribution in [0.1, 0.15) is 17.2 Å². The maximum atomic E-state index is 11.0. The molecule has 0 fully saturated rings. The number of nitrogens with zero attached hydrogens (tertiary/aromatic N) is 1. The predicted molar refractivity (Wildman–Crippen MR) is 82.5 cm³/mol. The Kier molecular flexibility index (Phi) is 2.44. The van der Waals surface area contributed by atoms with E-state index in [-0.39, 0.29) is 16.7 Å². The number of anilines is 1. The van der Waals surface area contributed by atoms with Crippen LogP contribution in [0.3, 0.4) is 0 Å². The molecule has 1 unspecified atom stereocenters. The Bertz CT molecular complexity index is 868. The van der Waals surface area contributed by atoms with E-state index in [1.807, 2.05) is 24.3 Å². The Morgan fingerprint density at radius 1 is 1.00 bits per heavy atom. The zero-order valence-electron chi connectivity index (χ0n) is 11.1. The van der Waals surface area contributed by atoms with Crippen LogP contribution in [0.5, 0.6) is 0 Å². The Labute approximate surface area is 121 Å². The molecule has 0 saturated carbocycles. The number of benzene rings is 3. The lowest BCUT2D eigenvalue weighted by atomic mass is 9.97. The highest BCUT2D eigenvalue weighted by Crippen LogP contribution is 2.42. The molecule has 3 aromatic rings. The third-order valence-corrected chi connectivity index (χ3v) is 3.96. The van der Waals surface area contributed by atoms with E-state index in [1.165, 1.54) is 22.4 Å². The molecular weight excluding hydrogens is 264 g/mol. The van der Waals surface area contributed by atoms with Crippen molar-refractivity contribution in [1.82, 2.24) is 0 Å². The molecule has 3 aromatic carbocycles. The van der Waals surface area contributed by atoms with Gasteiger partial charge in [-0.15, -0.1) is 0 Å². The van der Waals surface area contributed by atoms with Gasteiger partial charge >= 0.3 is 0 Å². The van der Waals surface area contributed by atoms with Gasteiger partial charge < -0.3 is 5.32 Å². The first kappa shape index (κ1) is 11.9. The van der Waals surface area contributed by atoms with Crippen LogP contribution >= 0.6 is 0 Å². The molecule has 4 heteroatoms. The molecule has 0 aromatic heterocycles. The molecule has 0 saturated heterocycles. The van der Waals surface area contributed by atoms with Gasteiger partial charge in [-0.1, -0.05) is 42.5 Å². The Balaban J connectivity index is 1.88. The second-order valence-corrected chi connectivity index (χ2v) is 5.18. The number of rotatable bonds is 2. The van der Waals surface area contributed by atoms with Gasteiger partial charge in [-0.2, -0.15) is 0 Å². The number of non-ortho nitro benzene ring substituents is 1. The van der Waals surface area contributed by atoms with Crippen LogP contribution in [-0.4, -0.2) is 4.92 Å². The fraction of sp³-hybridized carbons (Fsp3) is 0.0588. The summed E-state index contributed by atoms with van der Waals surface area (Å²) in [6.07, 6.45) is 0. The zero-order chi connectivity index (χ0) is 14.4. The van der Waals surface area contributed by atoms with Crippen molar-refractivity contribution in [3.63, 3.8) is 0 Å². The highest BCUT2D eigenvalue weighted by atomic mass is 16.6. The van der Waals surface area contributed by atoms with Gasteiger partial charge in [0, 0.05) is 23.2 Å². The van der Waals surface area contributed by atoms with E-state index in [0.717, 1.165) is 11.3 Å². The quantitative estimate of drug-likeness (QED) is 0.562. The third kappa shape index (κ3) is 1.76. The molecule has 1 N–H and O–H groups in total. The smallest absolute Gasteiger partial charge is 0.269 e. The number of nitro groups is 1. The van der Waals surface area contributed by atoms with E-state index in [2.05, 4.69) is 23.5 Å². The van der Waals surface area contributed by atoms with E-state index in [9.17, 15) is 10.1 Å². The first-order valence-corrected chi connectivity index (χ1v) is 6.76. The molecule has 1 atom stereocenters. The molecule has 0 aliphatic carbocycles. The van der Waals surface area contributed by atoms with Gasteiger partial charge in [0.2, 0.25) is 0 Å². The number of hydrogen-bond acceptors (Lipinski definition) is 3. The molecule has 4 rings (SSSR count). The largest absolute Gasteiger partial charge is 0.374 e. The fourth-order valence-corrected chi connectivity index (χ4v) is 3.04. The van der Waals surface area contributed by atoms with Gasteiger partial charge in [0.05, 0.1) is 11.0 Å². The number of nitro benzene ring substituents is 1. The summed E-state index contributed by atoms with van der Waals surface area (Å²) in [4.78, 5) is 10.6. The van der Waals surface area contributed by atoms with Crippen LogP contribution in [-0.2, 0) is 0 Å². The molecule has 102 valence electrons. The topological polar surface area (TPSA) is 55.2 Å². The van der Waals surface area contributed by atoms with Gasteiger partial charge in [0.15, 0.2) is 0 Å². The molecule has 21 heavy (non-hydrogen) atoms. The minimum absolute atomic E-state index is 0.0361. The first-order valence-electron chi connectivity index (χ1n) is 6.76. The second kappa shape index (κ2) is 4.31. The van der Waals surface area contributed by atoms with Crippen LogP contribution in [0.4, 0.5) is 11.4 Å². The maximum absolute atomic E-state index is 11.0. The van der Waals surface area contributed by atoms with Crippen LogP contribution in [0, 0.1) is 10.1 Å². The lowest BCUT2D eigenvalue weighted by Gasteiger charge is -2.13. The van der Waals surface area contributed by atoms with Gasteiger partial charge in [0.1, 0.15) is 0 Å². The van der Waals surface area contributed by atoms with E-state index in [0.29, 0.717) is 0 Å². The fourth-order valence-electron chi connectivity index (χ4n) is 3.04. The average Bonchev–Trinajstić information content (AvgIpc) is 2.89. The van der Waals surface area contributed by atoms with Crippen molar-refractivity contribution in [2.45, 2.75) is 6.04 Å². The van der Waals surface area contributed by atoms with Gasteiger partial charge in [-0.05, 0) is 22.6 Å². The predicted octanol–water partition coefficient (Wildman–Crippen LogP) is 4.26. The summed E-state index contributed by atoms with van der Waals surface area (Å²) >= 11 is 0. The lowest BCUT2D eigenvalue weighted by Crippen LogP contribution is -2.06. The van der Waals surface area contributed by atoms with Crippen molar-refractivity contribution in [2.75, 3.05) is 5.32 Å². The van der Waals surface area contributed by atoms with Crippen LogP contribution < -0.4 is 5.32 Å². The third-order valence-electron chi connectivity index (χ3n) is 3.96. The standard InChI is InChI=1S/C17H12N2O2/c20-19(21)13-7-1-6-12(10-13)17-14-8-2-4-11-5-3-9-15(18-17)16(11)14/h1-10,17-18H. The van der Waals surface area contributed by atoms with Crippen LogP contribution in [0.2, 0.25) is 0 Å². The lowest BCUT2D eigenvalue weighted by molar-refractivity contribution is -0.384. The first-order chi connectivity index (χ1) is 10.2. The zero-order valence-corrected chi connectivity index (χ0v) is 11.1. The molecule has 1 aliphatic rings. The molecule has 1 aliphatic heterocycles. The molecular formula is C17H12N2O2. The van der Waals surface area contributed by atoms with E-state index < -0.39 is 0 Å². The minimum Gasteiger partial charge on any atom is -0.374 e. The molecule has 0 amide bonds. The van der Waals surface area contributed by atoms with Crippen molar-refractivity contribution >= 4 is 22.1 Å². The van der Waals surface area contributed by atoms with Gasteiger partial charge in [-0.25, -0.2) is 0 Å². The molecule has 4 nitrogen and oxygen atoms in total. The Hall–Kier alpha value is -2.88. The molecule has 1 heterocycles. The average molecular weight is 276 g/mol. The Morgan fingerprint density at radius 3 is 2.57 bits per heavy atom. The van der Waals surface area contributed by atoms with E-state index >= 15 is 0 Å². The minimum atomic E-state index is -0.355. The molecule has 0 spiro atoms. The summed E-state index contributed by atoms with van der Waals surface area (Å²) in [6.45, 7) is 0. The summed E-state index contributed by atoms with van der Waals surface area (Å²) < 4.78 is 0. The van der Waals surface area contributed by atoms with E-state index in [4.69, 9.17) is 0 Å². The summed E-state index contributed by atoms with van der Waals surface area (Å²) in [7, 11) is 0. The van der Waals surface area contributed by atoms with Crippen molar-refractivity contribution in [2.24, 2.45) is 0 Å². The molecule has 0 radical (unpaired) electrons. The van der Waals surface area contributed by atoms with Crippen molar-refractivity contribution in [3.8, 4) is 0 Å². The maximum Gasteiger partial charge on any atom is 0.269 e. The highest BCUT2D eigenvalue weighted by Gasteiger charge is 2.25. The van der Waals surface area contributed by atoms with Gasteiger partial charge in [0.25, 0.3) is 5.69 Å². The molecule has 0 bridgehead atoms. The number of nitrogens with one attached hydrogen (secondary N) is 1. The van der Waals surface area contributed by atoms with Gasteiger partial charge in [-0.3, -0.25) is 10.1 Å². The van der Waals surface area contributed by atoms with Crippen LogP contribution in [0.25, 0.3) is 10.8 Å². The van der Waals surface area contributed by atoms with Crippen molar-refractivity contribution < 1.29 is 4.92 Å². The Morgan fingerprint density at radius 2 is 1.76 bits per heavy atom. The van der Waals surface area contributed by atoms with E-state index in [1.54, 1.807) is 12.1 Å². The monoisotopic (exact) mass is 276 g/mol.